The maximum absolute atomic E-state index is 13.4. The first-order valence-corrected chi connectivity index (χ1v) is 13.2. The molecule has 11 heteroatoms. The fourth-order valence-corrected chi connectivity index (χ4v) is 5.92. The molecular formula is C27H27FN2O7S. The van der Waals surface area contributed by atoms with E-state index in [2.05, 4.69) is 5.32 Å². The molecule has 1 aliphatic heterocycles. The van der Waals surface area contributed by atoms with E-state index >= 15 is 0 Å². The molecule has 0 bridgehead atoms. The Balaban J connectivity index is 1.48. The normalized spacial score (nSPS) is 15.3. The number of halogens is 1. The predicted octanol–water partition coefficient (Wildman–Crippen LogP) is 3.70. The highest BCUT2D eigenvalue weighted by Gasteiger charge is 2.38. The number of nitrogens with one attached hydrogen (secondary N) is 1. The van der Waals surface area contributed by atoms with Gasteiger partial charge in [0.1, 0.15) is 17.3 Å². The molecule has 1 amide bonds. The molecule has 0 saturated heterocycles. The Morgan fingerprint density at radius 2 is 1.66 bits per heavy atom. The summed E-state index contributed by atoms with van der Waals surface area (Å²) >= 11 is 0. The summed E-state index contributed by atoms with van der Waals surface area (Å²) < 4.78 is 57.1. The molecular weight excluding hydrogens is 515 g/mol. The van der Waals surface area contributed by atoms with Crippen LogP contribution in [0.2, 0.25) is 0 Å². The Morgan fingerprint density at radius 3 is 2.32 bits per heavy atom. The van der Waals surface area contributed by atoms with Gasteiger partial charge in [-0.15, -0.1) is 0 Å². The number of carbonyl (C=O) groups excluding carboxylic acids is 2. The van der Waals surface area contributed by atoms with Crippen LogP contribution in [0.15, 0.2) is 71.6 Å². The monoisotopic (exact) mass is 542 g/mol. The number of hydrogen-bond acceptors (Lipinski definition) is 7. The third-order valence-electron chi connectivity index (χ3n) is 6.14. The lowest BCUT2D eigenvalue weighted by Gasteiger charge is -2.36. The maximum Gasteiger partial charge on any atom is 0.308 e. The zero-order valence-corrected chi connectivity index (χ0v) is 21.7. The highest BCUT2D eigenvalue weighted by Crippen LogP contribution is 2.36. The van der Waals surface area contributed by atoms with Crippen LogP contribution in [0.4, 0.5) is 10.1 Å². The molecule has 1 N–H and O–H groups in total. The number of methoxy groups -OCH3 is 2. The van der Waals surface area contributed by atoms with E-state index in [1.165, 1.54) is 30.7 Å². The van der Waals surface area contributed by atoms with Gasteiger partial charge in [0.15, 0.2) is 6.61 Å². The number of hydrogen-bond donors (Lipinski definition) is 1. The van der Waals surface area contributed by atoms with Gasteiger partial charge in [-0.3, -0.25) is 9.59 Å². The lowest BCUT2D eigenvalue weighted by atomic mass is 9.92. The van der Waals surface area contributed by atoms with Crippen LogP contribution in [0.5, 0.6) is 11.5 Å². The third kappa shape index (κ3) is 6.12. The van der Waals surface area contributed by atoms with Crippen LogP contribution in [-0.2, 0) is 30.8 Å². The number of sulfonamides is 1. The van der Waals surface area contributed by atoms with Gasteiger partial charge in [-0.1, -0.05) is 24.3 Å². The molecule has 0 aromatic heterocycles. The Hall–Kier alpha value is -3.96. The molecule has 0 radical (unpaired) electrons. The van der Waals surface area contributed by atoms with Gasteiger partial charge in [0.05, 0.1) is 31.6 Å². The number of anilines is 1. The van der Waals surface area contributed by atoms with Crippen molar-refractivity contribution in [1.29, 1.82) is 0 Å². The van der Waals surface area contributed by atoms with E-state index in [0.717, 1.165) is 17.7 Å². The zero-order chi connectivity index (χ0) is 27.3. The van der Waals surface area contributed by atoms with Crippen LogP contribution in [0.3, 0.4) is 0 Å². The minimum Gasteiger partial charge on any atom is -0.497 e. The summed E-state index contributed by atoms with van der Waals surface area (Å²) in [5.41, 5.74) is 1.98. The van der Waals surface area contributed by atoms with Gasteiger partial charge in [0, 0.05) is 30.4 Å². The average Bonchev–Trinajstić information content (AvgIpc) is 2.92. The van der Waals surface area contributed by atoms with Gasteiger partial charge in [0.2, 0.25) is 10.0 Å². The summed E-state index contributed by atoms with van der Waals surface area (Å²) in [7, 11) is -1.09. The third-order valence-corrected chi connectivity index (χ3v) is 8.07. The number of benzene rings is 3. The van der Waals surface area contributed by atoms with E-state index < -0.39 is 40.4 Å². The molecule has 0 fully saturated rings. The molecule has 0 saturated carbocycles. The lowest BCUT2D eigenvalue weighted by molar-refractivity contribution is -0.148. The first-order valence-electron chi connectivity index (χ1n) is 11.7. The molecule has 4 rings (SSSR count). The minimum absolute atomic E-state index is 0.0789. The first kappa shape index (κ1) is 27.1. The molecule has 3 aromatic carbocycles. The molecule has 1 unspecified atom stereocenters. The van der Waals surface area contributed by atoms with E-state index in [1.807, 2.05) is 12.1 Å². The van der Waals surface area contributed by atoms with E-state index in [-0.39, 0.29) is 17.9 Å². The number of fused-ring (bicyclic) bond motifs is 1. The lowest BCUT2D eigenvalue weighted by Crippen LogP contribution is -2.41. The minimum atomic E-state index is -4.05. The first-order chi connectivity index (χ1) is 18.2. The summed E-state index contributed by atoms with van der Waals surface area (Å²) in [6, 6.07) is 15.7. The topological polar surface area (TPSA) is 111 Å². The van der Waals surface area contributed by atoms with Crippen LogP contribution in [0.25, 0.3) is 0 Å². The van der Waals surface area contributed by atoms with Gasteiger partial charge >= 0.3 is 5.97 Å². The van der Waals surface area contributed by atoms with Crippen molar-refractivity contribution in [2.75, 3.05) is 32.7 Å². The van der Waals surface area contributed by atoms with Crippen molar-refractivity contribution in [3.63, 3.8) is 0 Å². The smallest absolute Gasteiger partial charge is 0.308 e. The molecule has 0 spiro atoms. The standard InChI is InChI=1S/C27H27FN2O7S/c1-35-21-13-20(14-22(15-21)36-2)29-26(31)17-37-27(32)16-25-24-6-4-3-5-18(24)11-12-30(25)38(33,34)23-9-7-19(28)8-10-23/h3-10,13-15,25H,11-12,16-17H2,1-2H3,(H,29,31). The summed E-state index contributed by atoms with van der Waals surface area (Å²) in [6.07, 6.45) is 0.145. The quantitative estimate of drug-likeness (QED) is 0.411. The Kier molecular flexibility index (Phi) is 8.28. The Labute approximate surface area is 220 Å². The molecule has 38 heavy (non-hydrogen) atoms. The molecule has 0 aliphatic carbocycles. The number of carbonyl (C=O) groups is 2. The van der Waals surface area contributed by atoms with Crippen molar-refractivity contribution in [3.05, 3.63) is 83.7 Å². The second kappa shape index (κ2) is 11.6. The molecule has 3 aromatic rings. The number of esters is 1. The second-order valence-corrected chi connectivity index (χ2v) is 10.4. The molecule has 1 heterocycles. The van der Waals surface area contributed by atoms with Gasteiger partial charge in [-0.2, -0.15) is 4.31 Å². The maximum atomic E-state index is 13.4. The largest absolute Gasteiger partial charge is 0.497 e. The van der Waals surface area contributed by atoms with Crippen LogP contribution in [-0.4, -0.2) is 52.0 Å². The van der Waals surface area contributed by atoms with Crippen LogP contribution >= 0.6 is 0 Å². The highest BCUT2D eigenvalue weighted by atomic mass is 32.2. The average molecular weight is 543 g/mol. The summed E-state index contributed by atoms with van der Waals surface area (Å²) in [4.78, 5) is 25.2. The number of ether oxygens (including phenoxy) is 3. The van der Waals surface area contributed by atoms with E-state index in [1.54, 1.807) is 30.3 Å². The second-order valence-electron chi connectivity index (χ2n) is 8.55. The Morgan fingerprint density at radius 1 is 1.00 bits per heavy atom. The van der Waals surface area contributed by atoms with Crippen molar-refractivity contribution in [2.24, 2.45) is 0 Å². The van der Waals surface area contributed by atoms with Gasteiger partial charge < -0.3 is 19.5 Å². The Bertz CT molecular complexity index is 1410. The van der Waals surface area contributed by atoms with Gasteiger partial charge in [-0.05, 0) is 41.8 Å². The predicted molar refractivity (Wildman–Crippen MR) is 137 cm³/mol. The van der Waals surface area contributed by atoms with E-state index in [9.17, 15) is 22.4 Å². The number of nitrogens with zero attached hydrogens (tertiary/aromatic N) is 1. The molecule has 200 valence electrons. The fraction of sp³-hybridized carbons (Fsp3) is 0.259. The molecule has 9 nitrogen and oxygen atoms in total. The van der Waals surface area contributed by atoms with Gasteiger partial charge in [-0.25, -0.2) is 12.8 Å². The van der Waals surface area contributed by atoms with Crippen LogP contribution in [0.1, 0.15) is 23.6 Å². The van der Waals surface area contributed by atoms with Gasteiger partial charge in [0.25, 0.3) is 5.91 Å². The number of rotatable bonds is 9. The number of amides is 1. The molecule has 1 atom stereocenters. The summed E-state index contributed by atoms with van der Waals surface area (Å²) in [5.74, 6) is -0.957. The SMILES string of the molecule is COc1cc(NC(=O)COC(=O)CC2c3ccccc3CCN2S(=O)(=O)c2ccc(F)cc2)cc(OC)c1. The highest BCUT2D eigenvalue weighted by molar-refractivity contribution is 7.89. The summed E-state index contributed by atoms with van der Waals surface area (Å²) in [6.45, 7) is -0.440. The van der Waals surface area contributed by atoms with Crippen molar-refractivity contribution in [2.45, 2.75) is 23.8 Å². The van der Waals surface area contributed by atoms with Crippen LogP contribution in [0, 0.1) is 5.82 Å². The van der Waals surface area contributed by atoms with E-state index in [4.69, 9.17) is 14.2 Å². The summed E-state index contributed by atoms with van der Waals surface area (Å²) in [5, 5.41) is 2.61. The van der Waals surface area contributed by atoms with Crippen molar-refractivity contribution >= 4 is 27.6 Å². The van der Waals surface area contributed by atoms with Crippen molar-refractivity contribution in [1.82, 2.24) is 4.31 Å². The van der Waals surface area contributed by atoms with Crippen molar-refractivity contribution in [3.8, 4) is 11.5 Å². The van der Waals surface area contributed by atoms with Crippen LogP contribution < -0.4 is 14.8 Å². The van der Waals surface area contributed by atoms with E-state index in [0.29, 0.717) is 29.2 Å². The fourth-order valence-electron chi connectivity index (χ4n) is 4.31. The van der Waals surface area contributed by atoms with Crippen molar-refractivity contribution < 1.29 is 36.6 Å². The zero-order valence-electron chi connectivity index (χ0n) is 20.8. The molecule has 1 aliphatic rings.